The average molecular weight is 304 g/mol. The number of aromatic nitrogens is 3. The zero-order valence-corrected chi connectivity index (χ0v) is 12.6. The highest BCUT2D eigenvalue weighted by atomic mass is 32.2. The normalized spacial score (nSPS) is 11.9. The number of aryl methyl sites for hydroxylation is 1. The Hall–Kier alpha value is -2.15. The summed E-state index contributed by atoms with van der Waals surface area (Å²) in [5.74, 6) is 0.0775. The van der Waals surface area contributed by atoms with Crippen molar-refractivity contribution in [3.8, 4) is 0 Å². The minimum absolute atomic E-state index is 0.0642. The Kier molecular flexibility index (Phi) is 5.10. The van der Waals surface area contributed by atoms with Crippen LogP contribution in [0.25, 0.3) is 0 Å². The number of thioether (sulfide) groups is 1. The fourth-order valence-corrected chi connectivity index (χ4v) is 2.51. The van der Waals surface area contributed by atoms with Gasteiger partial charge in [0.15, 0.2) is 0 Å². The molecule has 1 aromatic heterocycles. The van der Waals surface area contributed by atoms with Gasteiger partial charge in [-0.25, -0.2) is 9.89 Å². The molecule has 1 amide bonds. The highest BCUT2D eigenvalue weighted by Gasteiger charge is 2.11. The molecule has 110 valence electrons. The minimum atomic E-state index is -0.513. The Bertz CT molecular complexity index is 672. The van der Waals surface area contributed by atoms with Gasteiger partial charge >= 0.3 is 5.69 Å². The molecule has 0 radical (unpaired) electrons. The number of amides is 1. The third kappa shape index (κ3) is 4.42. The highest BCUT2D eigenvalue weighted by Crippen LogP contribution is 2.16. The monoisotopic (exact) mass is 304 g/mol. The second-order valence-corrected chi connectivity index (χ2v) is 5.48. The van der Waals surface area contributed by atoms with Crippen LogP contribution in [0.4, 0.5) is 0 Å². The van der Waals surface area contributed by atoms with Crippen LogP contribution in [0.15, 0.2) is 40.2 Å². The lowest BCUT2D eigenvalue weighted by atomic mass is 10.1. The quantitative estimate of drug-likeness (QED) is 0.816. The topological polar surface area (TPSA) is 87.7 Å². The van der Waals surface area contributed by atoms with Gasteiger partial charge in [-0.2, -0.15) is 10.1 Å². The molecule has 0 fully saturated rings. The zero-order valence-electron chi connectivity index (χ0n) is 11.8. The van der Waals surface area contributed by atoms with Gasteiger partial charge in [0.1, 0.15) is 5.03 Å². The third-order valence-electron chi connectivity index (χ3n) is 2.85. The Morgan fingerprint density at radius 2 is 2.10 bits per heavy atom. The van der Waals surface area contributed by atoms with Crippen molar-refractivity contribution in [2.75, 3.05) is 5.75 Å². The first-order valence-corrected chi connectivity index (χ1v) is 7.45. The molecule has 0 unspecified atom stereocenters. The standard InChI is InChI=1S/C14H16N4O2S/c1-9(11-6-4-3-5-7-11)15-12(19)8-21-13-10(2)17-18-14(20)16-13/h3-7,9H,8H2,1-2H3,(H,15,19)(H,16,18,20)/t9-/m1/s1. The molecule has 2 aromatic rings. The van der Waals surface area contributed by atoms with Crippen molar-refractivity contribution in [3.05, 3.63) is 52.1 Å². The van der Waals surface area contributed by atoms with Crippen molar-refractivity contribution in [2.45, 2.75) is 24.9 Å². The molecule has 2 N–H and O–H groups in total. The molecule has 0 bridgehead atoms. The van der Waals surface area contributed by atoms with Crippen LogP contribution in [-0.2, 0) is 4.79 Å². The van der Waals surface area contributed by atoms with Crippen LogP contribution >= 0.6 is 11.8 Å². The number of carbonyl (C=O) groups excluding carboxylic acids is 1. The maximum Gasteiger partial charge on any atom is 0.362 e. The Labute approximate surface area is 126 Å². The van der Waals surface area contributed by atoms with E-state index in [1.54, 1.807) is 6.92 Å². The molecule has 0 saturated carbocycles. The molecule has 1 heterocycles. The van der Waals surface area contributed by atoms with Crippen molar-refractivity contribution in [1.29, 1.82) is 0 Å². The van der Waals surface area contributed by atoms with E-state index in [1.807, 2.05) is 37.3 Å². The molecule has 0 aliphatic carbocycles. The first-order valence-electron chi connectivity index (χ1n) is 6.46. The van der Waals surface area contributed by atoms with Crippen molar-refractivity contribution >= 4 is 17.7 Å². The molecule has 1 atom stereocenters. The summed E-state index contributed by atoms with van der Waals surface area (Å²) in [5, 5.41) is 9.44. The van der Waals surface area contributed by atoms with Crippen molar-refractivity contribution in [2.24, 2.45) is 0 Å². The van der Waals surface area contributed by atoms with Crippen molar-refractivity contribution in [1.82, 2.24) is 20.5 Å². The van der Waals surface area contributed by atoms with Crippen LogP contribution < -0.4 is 11.0 Å². The Morgan fingerprint density at radius 1 is 1.38 bits per heavy atom. The van der Waals surface area contributed by atoms with Gasteiger partial charge in [-0.15, -0.1) is 0 Å². The van der Waals surface area contributed by atoms with Gasteiger partial charge in [-0.05, 0) is 19.4 Å². The fraction of sp³-hybridized carbons (Fsp3) is 0.286. The first kappa shape index (κ1) is 15.2. The number of nitrogens with zero attached hydrogens (tertiary/aromatic N) is 2. The van der Waals surface area contributed by atoms with Gasteiger partial charge in [0.05, 0.1) is 17.5 Å². The SMILES string of the molecule is Cc1n[nH]c(=O)nc1SCC(=O)N[C@H](C)c1ccccc1. The molecule has 1 aromatic carbocycles. The van der Waals surface area contributed by atoms with Crippen LogP contribution in [0, 0.1) is 6.92 Å². The Morgan fingerprint density at radius 3 is 2.81 bits per heavy atom. The molecular weight excluding hydrogens is 288 g/mol. The van der Waals surface area contributed by atoms with E-state index in [1.165, 1.54) is 11.8 Å². The van der Waals surface area contributed by atoms with E-state index in [0.717, 1.165) is 5.56 Å². The summed E-state index contributed by atoms with van der Waals surface area (Å²) in [4.78, 5) is 26.8. The van der Waals surface area contributed by atoms with Gasteiger partial charge in [-0.3, -0.25) is 4.79 Å². The first-order chi connectivity index (χ1) is 10.1. The molecule has 21 heavy (non-hydrogen) atoms. The second kappa shape index (κ2) is 7.03. The molecule has 6 nitrogen and oxygen atoms in total. The smallest absolute Gasteiger partial charge is 0.349 e. The number of rotatable bonds is 5. The average Bonchev–Trinajstić information content (AvgIpc) is 2.49. The van der Waals surface area contributed by atoms with Gasteiger partial charge < -0.3 is 5.32 Å². The molecule has 0 spiro atoms. The number of nitrogens with one attached hydrogen (secondary N) is 2. The van der Waals surface area contributed by atoms with Crippen LogP contribution in [0.5, 0.6) is 0 Å². The van der Waals surface area contributed by atoms with E-state index in [-0.39, 0.29) is 17.7 Å². The van der Waals surface area contributed by atoms with Crippen LogP contribution in [0.1, 0.15) is 24.2 Å². The van der Waals surface area contributed by atoms with Gasteiger partial charge in [-0.1, -0.05) is 42.1 Å². The summed E-state index contributed by atoms with van der Waals surface area (Å²) in [7, 11) is 0. The highest BCUT2D eigenvalue weighted by molar-refractivity contribution is 7.99. The zero-order chi connectivity index (χ0) is 15.2. The van der Waals surface area contributed by atoms with E-state index < -0.39 is 5.69 Å². The van der Waals surface area contributed by atoms with Crippen LogP contribution in [-0.4, -0.2) is 26.8 Å². The molecule has 2 rings (SSSR count). The minimum Gasteiger partial charge on any atom is -0.349 e. The van der Waals surface area contributed by atoms with Crippen molar-refractivity contribution in [3.63, 3.8) is 0 Å². The van der Waals surface area contributed by atoms with Crippen LogP contribution in [0.2, 0.25) is 0 Å². The summed E-state index contributed by atoms with van der Waals surface area (Å²) in [6.07, 6.45) is 0. The largest absolute Gasteiger partial charge is 0.362 e. The van der Waals surface area contributed by atoms with E-state index in [4.69, 9.17) is 0 Å². The van der Waals surface area contributed by atoms with Gasteiger partial charge in [0.25, 0.3) is 0 Å². The maximum atomic E-state index is 11.9. The van der Waals surface area contributed by atoms with E-state index in [9.17, 15) is 9.59 Å². The molecule has 0 aliphatic rings. The number of hydrogen-bond donors (Lipinski definition) is 2. The lowest BCUT2D eigenvalue weighted by Gasteiger charge is -2.14. The lowest BCUT2D eigenvalue weighted by molar-refractivity contribution is -0.119. The molecular formula is C14H16N4O2S. The Balaban J connectivity index is 1.90. The number of aromatic amines is 1. The van der Waals surface area contributed by atoms with E-state index in [0.29, 0.717) is 10.7 Å². The lowest BCUT2D eigenvalue weighted by Crippen LogP contribution is -2.28. The predicted molar refractivity (Wildman–Crippen MR) is 81.1 cm³/mol. The number of hydrogen-bond acceptors (Lipinski definition) is 5. The number of benzene rings is 1. The fourth-order valence-electron chi connectivity index (χ4n) is 1.76. The summed E-state index contributed by atoms with van der Waals surface area (Å²) in [6, 6.07) is 9.66. The molecule has 0 saturated heterocycles. The van der Waals surface area contributed by atoms with E-state index in [2.05, 4.69) is 20.5 Å². The molecule has 7 heteroatoms. The molecule has 0 aliphatic heterocycles. The number of carbonyl (C=O) groups is 1. The maximum absolute atomic E-state index is 11.9. The van der Waals surface area contributed by atoms with Crippen molar-refractivity contribution < 1.29 is 4.79 Å². The van der Waals surface area contributed by atoms with Gasteiger partial charge in [0, 0.05) is 0 Å². The summed E-state index contributed by atoms with van der Waals surface area (Å²) in [6.45, 7) is 3.66. The summed E-state index contributed by atoms with van der Waals surface area (Å²) < 4.78 is 0. The third-order valence-corrected chi connectivity index (χ3v) is 3.92. The summed E-state index contributed by atoms with van der Waals surface area (Å²) in [5.41, 5.74) is 1.13. The van der Waals surface area contributed by atoms with Gasteiger partial charge in [0.2, 0.25) is 5.91 Å². The number of H-pyrrole nitrogens is 1. The second-order valence-electron chi connectivity index (χ2n) is 4.52. The predicted octanol–water partition coefficient (Wildman–Crippen LogP) is 1.44. The summed E-state index contributed by atoms with van der Waals surface area (Å²) >= 11 is 1.20. The van der Waals surface area contributed by atoms with E-state index >= 15 is 0 Å². The van der Waals surface area contributed by atoms with Crippen LogP contribution in [0.3, 0.4) is 0 Å².